The summed E-state index contributed by atoms with van der Waals surface area (Å²) in [4.78, 5) is 11.5. The molecule has 4 nitrogen and oxygen atoms in total. The van der Waals surface area contributed by atoms with Gasteiger partial charge < -0.3 is 15.2 Å². The van der Waals surface area contributed by atoms with Gasteiger partial charge in [0.05, 0.1) is 19.3 Å². The van der Waals surface area contributed by atoms with E-state index < -0.39 is 11.7 Å². The first-order valence-corrected chi connectivity index (χ1v) is 4.41. The van der Waals surface area contributed by atoms with Gasteiger partial charge in [0, 0.05) is 6.54 Å². The topological polar surface area (TPSA) is 58.6 Å². The molecule has 0 aromatic heterocycles. The van der Waals surface area contributed by atoms with Crippen LogP contribution < -0.4 is 10.1 Å². The van der Waals surface area contributed by atoms with Crippen molar-refractivity contribution in [3.63, 3.8) is 0 Å². The number of rotatable bonds is 4. The molecule has 2 N–H and O–H groups in total. The lowest BCUT2D eigenvalue weighted by atomic mass is 10.2. The van der Waals surface area contributed by atoms with Gasteiger partial charge >= 0.3 is 0 Å². The van der Waals surface area contributed by atoms with Crippen LogP contribution in [0.1, 0.15) is 10.4 Å². The van der Waals surface area contributed by atoms with Crippen LogP contribution in [0.5, 0.6) is 5.75 Å². The van der Waals surface area contributed by atoms with Crippen LogP contribution >= 0.6 is 0 Å². The molecular formula is C10H12FNO3. The van der Waals surface area contributed by atoms with Crippen molar-refractivity contribution in [3.05, 3.63) is 29.6 Å². The molecule has 0 aliphatic rings. The standard InChI is InChI=1S/C10H12FNO3/c1-15-9-3-2-7(11)6-8(9)10(14)12-4-5-13/h2-3,6,13H,4-5H2,1H3,(H,12,14). The van der Waals surface area contributed by atoms with Gasteiger partial charge in [-0.05, 0) is 18.2 Å². The zero-order chi connectivity index (χ0) is 11.3. The largest absolute Gasteiger partial charge is 0.496 e. The van der Waals surface area contributed by atoms with Gasteiger partial charge in [0.15, 0.2) is 0 Å². The molecule has 0 bridgehead atoms. The second-order valence-electron chi connectivity index (χ2n) is 2.82. The third kappa shape index (κ3) is 2.92. The van der Waals surface area contributed by atoms with Crippen molar-refractivity contribution in [2.45, 2.75) is 0 Å². The van der Waals surface area contributed by atoms with Crippen molar-refractivity contribution in [2.75, 3.05) is 20.3 Å². The third-order valence-electron chi connectivity index (χ3n) is 1.80. The third-order valence-corrected chi connectivity index (χ3v) is 1.80. The number of methoxy groups -OCH3 is 1. The monoisotopic (exact) mass is 213 g/mol. The van der Waals surface area contributed by atoms with Crippen LogP contribution in [-0.2, 0) is 0 Å². The first kappa shape index (κ1) is 11.5. The molecule has 1 amide bonds. The Kier molecular flexibility index (Phi) is 4.05. The highest BCUT2D eigenvalue weighted by atomic mass is 19.1. The summed E-state index contributed by atoms with van der Waals surface area (Å²) in [5, 5.41) is 10.9. The minimum Gasteiger partial charge on any atom is -0.496 e. The van der Waals surface area contributed by atoms with Gasteiger partial charge in [0.2, 0.25) is 0 Å². The minimum absolute atomic E-state index is 0.117. The summed E-state index contributed by atoms with van der Waals surface area (Å²) in [6.07, 6.45) is 0. The fraction of sp³-hybridized carbons (Fsp3) is 0.300. The molecule has 0 unspecified atom stereocenters. The predicted octanol–water partition coefficient (Wildman–Crippen LogP) is 0.556. The number of benzene rings is 1. The molecule has 1 rings (SSSR count). The number of nitrogens with one attached hydrogen (secondary N) is 1. The smallest absolute Gasteiger partial charge is 0.255 e. The quantitative estimate of drug-likeness (QED) is 0.768. The highest BCUT2D eigenvalue weighted by Gasteiger charge is 2.12. The number of hydrogen-bond acceptors (Lipinski definition) is 3. The molecule has 0 atom stereocenters. The van der Waals surface area contributed by atoms with Crippen molar-refractivity contribution in [1.82, 2.24) is 5.32 Å². The summed E-state index contributed by atoms with van der Waals surface area (Å²) in [5.74, 6) is -0.683. The van der Waals surface area contributed by atoms with Gasteiger partial charge in [-0.15, -0.1) is 0 Å². The van der Waals surface area contributed by atoms with E-state index in [1.165, 1.54) is 19.2 Å². The number of hydrogen-bond donors (Lipinski definition) is 2. The van der Waals surface area contributed by atoms with Crippen LogP contribution in [-0.4, -0.2) is 31.3 Å². The summed E-state index contributed by atoms with van der Waals surface area (Å²) >= 11 is 0. The number of amides is 1. The normalized spacial score (nSPS) is 9.80. The van der Waals surface area contributed by atoms with E-state index in [4.69, 9.17) is 9.84 Å². The van der Waals surface area contributed by atoms with E-state index in [9.17, 15) is 9.18 Å². The maximum absolute atomic E-state index is 12.9. The summed E-state index contributed by atoms with van der Waals surface area (Å²) in [5.41, 5.74) is 0.117. The molecule has 0 saturated heterocycles. The second-order valence-corrected chi connectivity index (χ2v) is 2.82. The minimum atomic E-state index is -0.509. The molecule has 1 aromatic carbocycles. The number of aliphatic hydroxyl groups excluding tert-OH is 1. The highest BCUT2D eigenvalue weighted by molar-refractivity contribution is 5.96. The van der Waals surface area contributed by atoms with Crippen LogP contribution in [0.4, 0.5) is 4.39 Å². The molecule has 0 heterocycles. The Hall–Kier alpha value is -1.62. The molecule has 0 radical (unpaired) electrons. The lowest BCUT2D eigenvalue weighted by molar-refractivity contribution is 0.0941. The zero-order valence-electron chi connectivity index (χ0n) is 8.29. The van der Waals surface area contributed by atoms with Gasteiger partial charge in [-0.2, -0.15) is 0 Å². The summed E-state index contributed by atoms with van der Waals surface area (Å²) < 4.78 is 17.8. The Morgan fingerprint density at radius 2 is 2.33 bits per heavy atom. The number of aliphatic hydroxyl groups is 1. The number of ether oxygens (including phenoxy) is 1. The Morgan fingerprint density at radius 3 is 2.93 bits per heavy atom. The van der Waals surface area contributed by atoms with Crippen molar-refractivity contribution in [1.29, 1.82) is 0 Å². The SMILES string of the molecule is COc1ccc(F)cc1C(=O)NCCO. The van der Waals surface area contributed by atoms with Gasteiger partial charge in [-0.1, -0.05) is 0 Å². The zero-order valence-corrected chi connectivity index (χ0v) is 8.29. The van der Waals surface area contributed by atoms with Crippen molar-refractivity contribution < 1.29 is 19.0 Å². The Labute approximate surface area is 86.7 Å². The maximum Gasteiger partial charge on any atom is 0.255 e. The van der Waals surface area contributed by atoms with Crippen LogP contribution in [0.3, 0.4) is 0 Å². The van der Waals surface area contributed by atoms with E-state index in [0.29, 0.717) is 5.75 Å². The molecule has 1 aromatic rings. The van der Waals surface area contributed by atoms with Crippen LogP contribution in [0.25, 0.3) is 0 Å². The number of halogens is 1. The molecule has 0 saturated carbocycles. The van der Waals surface area contributed by atoms with E-state index in [1.807, 2.05) is 0 Å². The van der Waals surface area contributed by atoms with E-state index in [0.717, 1.165) is 6.07 Å². The maximum atomic E-state index is 12.9. The van der Waals surface area contributed by atoms with Crippen molar-refractivity contribution >= 4 is 5.91 Å². The fourth-order valence-corrected chi connectivity index (χ4v) is 1.12. The molecule has 82 valence electrons. The first-order chi connectivity index (χ1) is 7.19. The van der Waals surface area contributed by atoms with Crippen molar-refractivity contribution in [2.24, 2.45) is 0 Å². The van der Waals surface area contributed by atoms with Gasteiger partial charge in [-0.25, -0.2) is 4.39 Å². The lowest BCUT2D eigenvalue weighted by Gasteiger charge is -2.08. The van der Waals surface area contributed by atoms with Crippen LogP contribution in [0.2, 0.25) is 0 Å². The average molecular weight is 213 g/mol. The number of carbonyl (C=O) groups is 1. The molecular weight excluding hydrogens is 201 g/mol. The van der Waals surface area contributed by atoms with Crippen LogP contribution in [0.15, 0.2) is 18.2 Å². The first-order valence-electron chi connectivity index (χ1n) is 4.41. The summed E-state index contributed by atoms with van der Waals surface area (Å²) in [6, 6.07) is 3.68. The van der Waals surface area contributed by atoms with E-state index in [1.54, 1.807) is 0 Å². The number of carbonyl (C=O) groups excluding carboxylic acids is 1. The van der Waals surface area contributed by atoms with E-state index in [2.05, 4.69) is 5.32 Å². The molecule has 0 aliphatic heterocycles. The average Bonchev–Trinajstić information content (AvgIpc) is 2.25. The Bertz CT molecular complexity index is 355. The highest BCUT2D eigenvalue weighted by Crippen LogP contribution is 2.18. The predicted molar refractivity (Wildman–Crippen MR) is 52.4 cm³/mol. The second kappa shape index (κ2) is 5.31. The van der Waals surface area contributed by atoms with Gasteiger partial charge in [0.1, 0.15) is 11.6 Å². The van der Waals surface area contributed by atoms with Crippen LogP contribution in [0, 0.1) is 5.82 Å². The fourth-order valence-electron chi connectivity index (χ4n) is 1.12. The Balaban J connectivity index is 2.90. The van der Waals surface area contributed by atoms with Gasteiger partial charge in [-0.3, -0.25) is 4.79 Å². The Morgan fingerprint density at radius 1 is 1.60 bits per heavy atom. The lowest BCUT2D eigenvalue weighted by Crippen LogP contribution is -2.26. The van der Waals surface area contributed by atoms with Gasteiger partial charge in [0.25, 0.3) is 5.91 Å². The summed E-state index contributed by atoms with van der Waals surface area (Å²) in [6.45, 7) is -0.0398. The van der Waals surface area contributed by atoms with Crippen molar-refractivity contribution in [3.8, 4) is 5.75 Å². The summed E-state index contributed by atoms with van der Waals surface area (Å²) in [7, 11) is 1.40. The van der Waals surface area contributed by atoms with E-state index >= 15 is 0 Å². The molecule has 5 heteroatoms. The molecule has 0 spiro atoms. The molecule has 0 aliphatic carbocycles. The van der Waals surface area contributed by atoms with E-state index in [-0.39, 0.29) is 18.7 Å². The molecule has 0 fully saturated rings. The molecule has 15 heavy (non-hydrogen) atoms.